The summed E-state index contributed by atoms with van der Waals surface area (Å²) < 4.78 is 23.6. The van der Waals surface area contributed by atoms with E-state index in [1.807, 2.05) is 42.6 Å². The Labute approximate surface area is 198 Å². The second kappa shape index (κ2) is 10.2. The van der Waals surface area contributed by atoms with Crippen LogP contribution in [0, 0.1) is 0 Å². The van der Waals surface area contributed by atoms with Gasteiger partial charge in [0.1, 0.15) is 23.0 Å². The molecule has 34 heavy (non-hydrogen) atoms. The monoisotopic (exact) mass is 460 g/mol. The number of amides is 1. The van der Waals surface area contributed by atoms with Gasteiger partial charge < -0.3 is 28.8 Å². The standard InChI is InChI=1S/C27H28N2O5/c1-31-20-9-10-26(34-4)24(15-20)28-27(30)13-19-17-29(25-8-6-5-7-23(19)25)16-18-11-21(32-2)14-22(12-18)33-3/h5-12,14-15,17H,13,16H2,1-4H3,(H,28,30). The highest BCUT2D eigenvalue weighted by atomic mass is 16.5. The van der Waals surface area contributed by atoms with Crippen molar-refractivity contribution >= 4 is 22.5 Å². The molecule has 0 bridgehead atoms. The molecular weight excluding hydrogens is 432 g/mol. The second-order valence-corrected chi connectivity index (χ2v) is 7.81. The molecule has 4 aromatic rings. The summed E-state index contributed by atoms with van der Waals surface area (Å²) >= 11 is 0. The molecule has 1 aromatic heterocycles. The van der Waals surface area contributed by atoms with E-state index in [2.05, 4.69) is 16.0 Å². The van der Waals surface area contributed by atoms with Crippen LogP contribution >= 0.6 is 0 Å². The minimum absolute atomic E-state index is 0.141. The fraction of sp³-hybridized carbons (Fsp3) is 0.222. The van der Waals surface area contributed by atoms with Gasteiger partial charge in [0.25, 0.3) is 0 Å². The molecule has 1 heterocycles. The predicted molar refractivity (Wildman–Crippen MR) is 132 cm³/mol. The van der Waals surface area contributed by atoms with Gasteiger partial charge in [-0.05, 0) is 41.5 Å². The molecule has 0 aliphatic heterocycles. The number of para-hydroxylation sites is 1. The SMILES string of the molecule is COc1cc(Cn2cc(CC(=O)Nc3cc(OC)ccc3OC)c3ccccc32)cc(OC)c1. The van der Waals surface area contributed by atoms with E-state index in [4.69, 9.17) is 18.9 Å². The second-order valence-electron chi connectivity index (χ2n) is 7.81. The smallest absolute Gasteiger partial charge is 0.228 e. The van der Waals surface area contributed by atoms with Crippen molar-refractivity contribution in [1.29, 1.82) is 0 Å². The van der Waals surface area contributed by atoms with Gasteiger partial charge in [0.2, 0.25) is 5.91 Å². The van der Waals surface area contributed by atoms with Gasteiger partial charge in [0.05, 0.1) is 40.5 Å². The van der Waals surface area contributed by atoms with Crippen LogP contribution in [-0.2, 0) is 17.8 Å². The number of rotatable bonds is 9. The molecular formula is C27H28N2O5. The molecule has 1 N–H and O–H groups in total. The first-order chi connectivity index (χ1) is 16.5. The van der Waals surface area contributed by atoms with Gasteiger partial charge in [-0.15, -0.1) is 0 Å². The minimum atomic E-state index is -0.141. The number of nitrogens with zero attached hydrogens (tertiary/aromatic N) is 1. The zero-order chi connectivity index (χ0) is 24.1. The van der Waals surface area contributed by atoms with Crippen LogP contribution in [0.3, 0.4) is 0 Å². The molecule has 0 spiro atoms. The molecule has 4 rings (SSSR count). The van der Waals surface area contributed by atoms with Crippen molar-refractivity contribution in [3.05, 3.63) is 78.0 Å². The number of carbonyl (C=O) groups excluding carboxylic acids is 1. The lowest BCUT2D eigenvalue weighted by Crippen LogP contribution is -2.15. The highest BCUT2D eigenvalue weighted by molar-refractivity contribution is 5.97. The largest absolute Gasteiger partial charge is 0.497 e. The number of anilines is 1. The number of hydrogen-bond acceptors (Lipinski definition) is 5. The maximum atomic E-state index is 13.0. The van der Waals surface area contributed by atoms with Crippen LogP contribution in [-0.4, -0.2) is 38.9 Å². The van der Waals surface area contributed by atoms with Gasteiger partial charge in [-0.1, -0.05) is 18.2 Å². The number of fused-ring (bicyclic) bond motifs is 1. The van der Waals surface area contributed by atoms with Crippen LogP contribution in [0.2, 0.25) is 0 Å². The van der Waals surface area contributed by atoms with Crippen LogP contribution < -0.4 is 24.3 Å². The van der Waals surface area contributed by atoms with Crippen LogP contribution in [0.5, 0.6) is 23.0 Å². The Morgan fingerprint density at radius 3 is 2.21 bits per heavy atom. The van der Waals surface area contributed by atoms with Gasteiger partial charge in [-0.2, -0.15) is 0 Å². The third-order valence-corrected chi connectivity index (χ3v) is 5.67. The van der Waals surface area contributed by atoms with Crippen molar-refractivity contribution in [2.24, 2.45) is 0 Å². The van der Waals surface area contributed by atoms with Gasteiger partial charge in [-0.25, -0.2) is 0 Å². The highest BCUT2D eigenvalue weighted by Gasteiger charge is 2.15. The lowest BCUT2D eigenvalue weighted by molar-refractivity contribution is -0.115. The zero-order valence-electron chi connectivity index (χ0n) is 19.8. The van der Waals surface area contributed by atoms with E-state index < -0.39 is 0 Å². The van der Waals surface area contributed by atoms with Crippen molar-refractivity contribution in [1.82, 2.24) is 4.57 Å². The van der Waals surface area contributed by atoms with Crippen molar-refractivity contribution in [2.75, 3.05) is 33.8 Å². The number of ether oxygens (including phenoxy) is 4. The molecule has 0 unspecified atom stereocenters. The Morgan fingerprint density at radius 1 is 0.824 bits per heavy atom. The number of benzene rings is 3. The lowest BCUT2D eigenvalue weighted by Gasteiger charge is -2.11. The van der Waals surface area contributed by atoms with E-state index in [1.165, 1.54) is 0 Å². The van der Waals surface area contributed by atoms with Crippen LogP contribution in [0.25, 0.3) is 10.9 Å². The van der Waals surface area contributed by atoms with Crippen molar-refractivity contribution in [3.63, 3.8) is 0 Å². The maximum absolute atomic E-state index is 13.0. The first-order valence-corrected chi connectivity index (χ1v) is 10.8. The maximum Gasteiger partial charge on any atom is 0.228 e. The molecule has 0 fully saturated rings. The highest BCUT2D eigenvalue weighted by Crippen LogP contribution is 2.30. The number of carbonyl (C=O) groups is 1. The Bertz CT molecular complexity index is 1290. The van der Waals surface area contributed by atoms with Crippen molar-refractivity contribution in [2.45, 2.75) is 13.0 Å². The summed E-state index contributed by atoms with van der Waals surface area (Å²) in [5, 5.41) is 3.98. The summed E-state index contributed by atoms with van der Waals surface area (Å²) in [5.41, 5.74) is 3.59. The molecule has 0 saturated carbocycles. The number of nitrogens with one attached hydrogen (secondary N) is 1. The number of methoxy groups -OCH3 is 4. The molecule has 7 nitrogen and oxygen atoms in total. The van der Waals surface area contributed by atoms with E-state index in [9.17, 15) is 4.79 Å². The number of aromatic nitrogens is 1. The molecule has 0 saturated heterocycles. The fourth-order valence-electron chi connectivity index (χ4n) is 4.03. The third-order valence-electron chi connectivity index (χ3n) is 5.67. The average molecular weight is 461 g/mol. The quantitative estimate of drug-likeness (QED) is 0.385. The van der Waals surface area contributed by atoms with Crippen molar-refractivity contribution < 1.29 is 23.7 Å². The lowest BCUT2D eigenvalue weighted by atomic mass is 10.1. The van der Waals surface area contributed by atoms with E-state index in [1.54, 1.807) is 46.6 Å². The molecule has 7 heteroatoms. The molecule has 1 amide bonds. The van der Waals surface area contributed by atoms with Crippen LogP contribution in [0.4, 0.5) is 5.69 Å². The molecule has 176 valence electrons. The van der Waals surface area contributed by atoms with Crippen LogP contribution in [0.1, 0.15) is 11.1 Å². The average Bonchev–Trinajstić information content (AvgIpc) is 3.20. The minimum Gasteiger partial charge on any atom is -0.497 e. The molecule has 0 aliphatic rings. The summed E-state index contributed by atoms with van der Waals surface area (Å²) in [6.07, 6.45) is 2.24. The summed E-state index contributed by atoms with van der Waals surface area (Å²) in [6, 6.07) is 19.2. The van der Waals surface area contributed by atoms with Crippen molar-refractivity contribution in [3.8, 4) is 23.0 Å². The van der Waals surface area contributed by atoms with E-state index >= 15 is 0 Å². The molecule has 0 radical (unpaired) electrons. The normalized spacial score (nSPS) is 10.7. The van der Waals surface area contributed by atoms with Gasteiger partial charge in [0, 0.05) is 35.8 Å². The Kier molecular flexibility index (Phi) is 6.92. The van der Waals surface area contributed by atoms with E-state index in [-0.39, 0.29) is 12.3 Å². The predicted octanol–water partition coefficient (Wildman–Crippen LogP) is 4.91. The van der Waals surface area contributed by atoms with Crippen LogP contribution in [0.15, 0.2) is 66.9 Å². The van der Waals surface area contributed by atoms with E-state index in [0.717, 1.165) is 33.5 Å². The summed E-state index contributed by atoms with van der Waals surface area (Å²) in [6.45, 7) is 0.611. The topological polar surface area (TPSA) is 71.0 Å². The Morgan fingerprint density at radius 2 is 1.53 bits per heavy atom. The first kappa shape index (κ1) is 23.0. The van der Waals surface area contributed by atoms with Gasteiger partial charge >= 0.3 is 0 Å². The summed E-state index contributed by atoms with van der Waals surface area (Å²) in [4.78, 5) is 13.0. The molecule has 0 atom stereocenters. The molecule has 3 aromatic carbocycles. The first-order valence-electron chi connectivity index (χ1n) is 10.8. The summed E-state index contributed by atoms with van der Waals surface area (Å²) in [7, 11) is 6.42. The molecule has 0 aliphatic carbocycles. The third kappa shape index (κ3) is 4.93. The van der Waals surface area contributed by atoms with Gasteiger partial charge in [-0.3, -0.25) is 4.79 Å². The zero-order valence-corrected chi connectivity index (χ0v) is 19.8. The van der Waals surface area contributed by atoms with Gasteiger partial charge in [0.15, 0.2) is 0 Å². The Hall–Kier alpha value is -4.13. The fourth-order valence-corrected chi connectivity index (χ4v) is 4.03. The summed E-state index contributed by atoms with van der Waals surface area (Å²) in [5.74, 6) is 2.54. The Balaban J connectivity index is 1.61. The number of hydrogen-bond donors (Lipinski definition) is 1. The van der Waals surface area contributed by atoms with E-state index in [0.29, 0.717) is 23.7 Å².